The van der Waals surface area contributed by atoms with Crippen molar-refractivity contribution < 1.29 is 4.79 Å². The zero-order valence-electron chi connectivity index (χ0n) is 13.3. The Hall–Kier alpha value is -2.37. The maximum atomic E-state index is 11.9. The van der Waals surface area contributed by atoms with Gasteiger partial charge in [-0.1, -0.05) is 19.9 Å². The van der Waals surface area contributed by atoms with Gasteiger partial charge in [0.15, 0.2) is 0 Å². The van der Waals surface area contributed by atoms with Crippen LogP contribution < -0.4 is 10.6 Å². The molecule has 22 heavy (non-hydrogen) atoms. The topological polar surface area (TPSA) is 71.8 Å². The molecule has 0 aliphatic heterocycles. The number of hydrogen-bond acceptors (Lipinski definition) is 3. The Labute approximate surface area is 131 Å². The van der Waals surface area contributed by atoms with Crippen molar-refractivity contribution in [2.45, 2.75) is 40.4 Å². The van der Waals surface area contributed by atoms with Gasteiger partial charge in [0.05, 0.1) is 18.8 Å². The molecule has 0 radical (unpaired) electrons. The molecule has 0 fully saturated rings. The number of rotatable bonds is 6. The van der Waals surface area contributed by atoms with Crippen LogP contribution in [0.3, 0.4) is 0 Å². The van der Waals surface area contributed by atoms with E-state index in [0.717, 1.165) is 23.6 Å². The highest BCUT2D eigenvalue weighted by molar-refractivity contribution is 5.73. The molecule has 0 unspecified atom stereocenters. The molecule has 2 amide bonds. The summed E-state index contributed by atoms with van der Waals surface area (Å²) in [6.45, 7) is 8.00. The zero-order chi connectivity index (χ0) is 15.9. The second kappa shape index (κ2) is 7.59. The summed E-state index contributed by atoms with van der Waals surface area (Å²) in [6, 6.07) is 3.64. The third-order valence-corrected chi connectivity index (χ3v) is 3.30. The van der Waals surface area contributed by atoms with Crippen LogP contribution >= 0.6 is 0 Å². The summed E-state index contributed by atoms with van der Waals surface area (Å²) in [6.07, 6.45) is 5.42. The molecule has 6 nitrogen and oxygen atoms in total. The normalized spacial score (nSPS) is 10.7. The molecule has 0 bridgehead atoms. The van der Waals surface area contributed by atoms with Gasteiger partial charge >= 0.3 is 6.03 Å². The molecule has 118 valence electrons. The first kappa shape index (κ1) is 16.0. The number of amides is 2. The first-order valence-electron chi connectivity index (χ1n) is 7.48. The number of pyridine rings is 1. The van der Waals surface area contributed by atoms with Crippen molar-refractivity contribution in [1.29, 1.82) is 0 Å². The van der Waals surface area contributed by atoms with Gasteiger partial charge in [0, 0.05) is 25.1 Å². The van der Waals surface area contributed by atoms with E-state index in [9.17, 15) is 4.79 Å². The summed E-state index contributed by atoms with van der Waals surface area (Å²) in [7, 11) is 0. The largest absolute Gasteiger partial charge is 0.333 e. The van der Waals surface area contributed by atoms with E-state index >= 15 is 0 Å². The van der Waals surface area contributed by atoms with E-state index < -0.39 is 0 Å². The Kier molecular flexibility index (Phi) is 5.52. The van der Waals surface area contributed by atoms with E-state index in [4.69, 9.17) is 0 Å². The van der Waals surface area contributed by atoms with Gasteiger partial charge in [0.2, 0.25) is 0 Å². The number of nitrogens with one attached hydrogen (secondary N) is 2. The fourth-order valence-corrected chi connectivity index (χ4v) is 2.16. The predicted molar refractivity (Wildman–Crippen MR) is 85.1 cm³/mol. The van der Waals surface area contributed by atoms with Crippen LogP contribution in [0.4, 0.5) is 4.79 Å². The fourth-order valence-electron chi connectivity index (χ4n) is 2.16. The summed E-state index contributed by atoms with van der Waals surface area (Å²) < 4.78 is 2.06. The number of aryl methyl sites for hydroxylation is 1. The molecule has 0 saturated carbocycles. The molecule has 2 rings (SSSR count). The summed E-state index contributed by atoms with van der Waals surface area (Å²) in [4.78, 5) is 20.4. The number of carbonyl (C=O) groups is 1. The summed E-state index contributed by atoms with van der Waals surface area (Å²) >= 11 is 0. The molecule has 0 aromatic carbocycles. The molecule has 2 N–H and O–H groups in total. The van der Waals surface area contributed by atoms with E-state index in [1.807, 2.05) is 25.3 Å². The monoisotopic (exact) mass is 301 g/mol. The predicted octanol–water partition coefficient (Wildman–Crippen LogP) is 2.24. The lowest BCUT2D eigenvalue weighted by atomic mass is 10.2. The number of carbonyl (C=O) groups excluding carboxylic acids is 1. The van der Waals surface area contributed by atoms with Gasteiger partial charge in [-0.3, -0.25) is 4.98 Å². The molecule has 2 aromatic rings. The van der Waals surface area contributed by atoms with Crippen molar-refractivity contribution >= 4 is 6.03 Å². The molecule has 6 heteroatoms. The van der Waals surface area contributed by atoms with Crippen LogP contribution in [0.15, 0.2) is 30.7 Å². The SMILES string of the molecule is Cc1cccnc1CNC(=O)NCc1nccn1CC(C)C. The van der Waals surface area contributed by atoms with Gasteiger partial charge in [0.1, 0.15) is 5.82 Å². The summed E-state index contributed by atoms with van der Waals surface area (Å²) in [5.41, 5.74) is 1.94. The van der Waals surface area contributed by atoms with Crippen molar-refractivity contribution in [3.8, 4) is 0 Å². The Morgan fingerprint density at radius 2 is 2.00 bits per heavy atom. The third kappa shape index (κ3) is 4.58. The molecule has 2 heterocycles. The van der Waals surface area contributed by atoms with Gasteiger partial charge in [0.25, 0.3) is 0 Å². The minimum atomic E-state index is -0.218. The Morgan fingerprint density at radius 1 is 1.23 bits per heavy atom. The van der Waals surface area contributed by atoms with Crippen LogP contribution in [-0.4, -0.2) is 20.6 Å². The van der Waals surface area contributed by atoms with Crippen LogP contribution in [-0.2, 0) is 19.6 Å². The zero-order valence-corrected chi connectivity index (χ0v) is 13.3. The van der Waals surface area contributed by atoms with Crippen molar-refractivity contribution in [3.63, 3.8) is 0 Å². The minimum Gasteiger partial charge on any atom is -0.333 e. The smallest absolute Gasteiger partial charge is 0.315 e. The summed E-state index contributed by atoms with van der Waals surface area (Å²) in [5.74, 6) is 1.40. The van der Waals surface area contributed by atoms with Gasteiger partial charge in [-0.2, -0.15) is 0 Å². The van der Waals surface area contributed by atoms with Crippen molar-refractivity contribution in [2.24, 2.45) is 5.92 Å². The Bertz CT molecular complexity index is 621. The lowest BCUT2D eigenvalue weighted by molar-refractivity contribution is 0.239. The summed E-state index contributed by atoms with van der Waals surface area (Å²) in [5, 5.41) is 5.64. The Balaban J connectivity index is 1.81. The van der Waals surface area contributed by atoms with E-state index in [1.165, 1.54) is 0 Å². The maximum absolute atomic E-state index is 11.9. The van der Waals surface area contributed by atoms with Crippen molar-refractivity contribution in [1.82, 2.24) is 25.2 Å². The van der Waals surface area contributed by atoms with Gasteiger partial charge in [-0.05, 0) is 24.5 Å². The molecule has 2 aromatic heterocycles. The number of aromatic nitrogens is 3. The first-order chi connectivity index (χ1) is 10.6. The highest BCUT2D eigenvalue weighted by Gasteiger charge is 2.07. The van der Waals surface area contributed by atoms with Gasteiger partial charge in [-0.15, -0.1) is 0 Å². The van der Waals surface area contributed by atoms with E-state index in [2.05, 4.69) is 39.0 Å². The second-order valence-corrected chi connectivity index (χ2v) is 5.69. The van der Waals surface area contributed by atoms with Crippen molar-refractivity contribution in [2.75, 3.05) is 0 Å². The van der Waals surface area contributed by atoms with E-state index in [1.54, 1.807) is 12.4 Å². The number of urea groups is 1. The first-order valence-corrected chi connectivity index (χ1v) is 7.48. The quantitative estimate of drug-likeness (QED) is 0.859. The number of nitrogens with zero attached hydrogens (tertiary/aromatic N) is 3. The lowest BCUT2D eigenvalue weighted by Gasteiger charge is -2.12. The standard InChI is InChI=1S/C16H23N5O/c1-12(2)11-21-8-7-18-15(21)10-20-16(22)19-9-14-13(3)5-4-6-17-14/h4-8,12H,9-11H2,1-3H3,(H2,19,20,22). The van der Waals surface area contributed by atoms with Gasteiger partial charge in [-0.25, -0.2) is 9.78 Å². The molecule has 0 aliphatic carbocycles. The highest BCUT2D eigenvalue weighted by Crippen LogP contribution is 2.04. The molecule has 0 aliphatic rings. The fraction of sp³-hybridized carbons (Fsp3) is 0.438. The van der Waals surface area contributed by atoms with Crippen molar-refractivity contribution in [3.05, 3.63) is 47.8 Å². The highest BCUT2D eigenvalue weighted by atomic mass is 16.2. The van der Waals surface area contributed by atoms with Crippen LogP contribution in [0.1, 0.15) is 30.9 Å². The molecular formula is C16H23N5O. The molecule has 0 saturated heterocycles. The average Bonchev–Trinajstić information content (AvgIpc) is 2.90. The second-order valence-electron chi connectivity index (χ2n) is 5.69. The molecule has 0 spiro atoms. The van der Waals surface area contributed by atoms with Crippen LogP contribution in [0.25, 0.3) is 0 Å². The molecule has 0 atom stereocenters. The lowest BCUT2D eigenvalue weighted by Crippen LogP contribution is -2.35. The average molecular weight is 301 g/mol. The Morgan fingerprint density at radius 3 is 2.73 bits per heavy atom. The van der Waals surface area contributed by atoms with Crippen LogP contribution in [0, 0.1) is 12.8 Å². The van der Waals surface area contributed by atoms with Gasteiger partial charge < -0.3 is 15.2 Å². The van der Waals surface area contributed by atoms with Crippen LogP contribution in [0.2, 0.25) is 0 Å². The van der Waals surface area contributed by atoms with Crippen LogP contribution in [0.5, 0.6) is 0 Å². The van der Waals surface area contributed by atoms with E-state index in [-0.39, 0.29) is 6.03 Å². The van der Waals surface area contributed by atoms with E-state index in [0.29, 0.717) is 19.0 Å². The molecular weight excluding hydrogens is 278 g/mol. The number of imidazole rings is 1. The third-order valence-electron chi connectivity index (χ3n) is 3.30. The maximum Gasteiger partial charge on any atom is 0.315 e. The number of hydrogen-bond donors (Lipinski definition) is 2. The minimum absolute atomic E-state index is 0.218.